The number of halogens is 1. The van der Waals surface area contributed by atoms with Gasteiger partial charge in [-0.15, -0.1) is 11.3 Å². The Morgan fingerprint density at radius 1 is 1.25 bits per heavy atom. The Hall–Kier alpha value is -0.930. The summed E-state index contributed by atoms with van der Waals surface area (Å²) in [5, 5.41) is 1.91. The number of thiophene rings is 1. The molecule has 0 N–H and O–H groups in total. The summed E-state index contributed by atoms with van der Waals surface area (Å²) >= 11 is 6.97. The lowest BCUT2D eigenvalue weighted by Crippen LogP contribution is -2.32. The topological polar surface area (TPSA) is 34.1 Å². The van der Waals surface area contributed by atoms with E-state index in [9.17, 15) is 9.59 Å². The molecule has 0 atom stereocenters. The molecule has 0 unspecified atom stereocenters. The van der Waals surface area contributed by atoms with E-state index in [1.807, 2.05) is 11.4 Å². The molecule has 0 spiro atoms. The third-order valence-electron chi connectivity index (χ3n) is 1.62. The molecule has 2 rings (SSSR count). The van der Waals surface area contributed by atoms with Crippen LogP contribution < -0.4 is 10.9 Å². The van der Waals surface area contributed by atoms with Crippen molar-refractivity contribution in [2.75, 3.05) is 0 Å². The SMILES string of the molecule is O=c1c(Cl)c(-c2cccs2)c1=O. The van der Waals surface area contributed by atoms with Crippen LogP contribution in [0, 0.1) is 0 Å². The third kappa shape index (κ3) is 0.869. The van der Waals surface area contributed by atoms with Crippen LogP contribution in [0.25, 0.3) is 10.4 Å². The maximum absolute atomic E-state index is 11.0. The van der Waals surface area contributed by atoms with E-state index in [2.05, 4.69) is 0 Å². The van der Waals surface area contributed by atoms with Gasteiger partial charge in [0.1, 0.15) is 5.02 Å². The van der Waals surface area contributed by atoms with E-state index in [0.717, 1.165) is 4.88 Å². The molecule has 0 aliphatic heterocycles. The summed E-state index contributed by atoms with van der Waals surface area (Å²) in [6, 6.07) is 3.58. The first-order valence-electron chi connectivity index (χ1n) is 3.24. The van der Waals surface area contributed by atoms with Crippen molar-refractivity contribution in [3.8, 4) is 10.4 Å². The normalized spacial score (nSPS) is 10.8. The molecular formula is C8H3ClO2S. The largest absolute Gasteiger partial charge is 0.285 e. The fraction of sp³-hybridized carbons (Fsp3) is 0. The summed E-state index contributed by atoms with van der Waals surface area (Å²) in [4.78, 5) is 22.5. The molecule has 0 amide bonds. The molecule has 12 heavy (non-hydrogen) atoms. The lowest BCUT2D eigenvalue weighted by Gasteiger charge is -2.00. The first-order valence-corrected chi connectivity index (χ1v) is 4.50. The van der Waals surface area contributed by atoms with Crippen LogP contribution in [0.5, 0.6) is 0 Å². The lowest BCUT2D eigenvalue weighted by atomic mass is 10.1. The summed E-state index contributed by atoms with van der Waals surface area (Å²) < 4.78 is 0. The van der Waals surface area contributed by atoms with Gasteiger partial charge in [0.25, 0.3) is 0 Å². The average Bonchev–Trinajstić information content (AvgIpc) is 2.57. The number of hydrogen-bond donors (Lipinski definition) is 0. The van der Waals surface area contributed by atoms with Gasteiger partial charge in [-0.2, -0.15) is 0 Å². The maximum atomic E-state index is 11.0. The summed E-state index contributed by atoms with van der Waals surface area (Å²) in [6.45, 7) is 0. The monoisotopic (exact) mass is 198 g/mol. The number of rotatable bonds is 1. The van der Waals surface area contributed by atoms with Gasteiger partial charge in [-0.05, 0) is 11.4 Å². The molecule has 0 aliphatic carbocycles. The van der Waals surface area contributed by atoms with Crippen LogP contribution in [0.2, 0.25) is 5.02 Å². The zero-order valence-corrected chi connectivity index (χ0v) is 7.41. The molecule has 0 saturated carbocycles. The Labute approximate surface area is 76.7 Å². The molecule has 1 aromatic carbocycles. The van der Waals surface area contributed by atoms with Gasteiger partial charge >= 0.3 is 0 Å². The molecule has 2 nitrogen and oxygen atoms in total. The zero-order chi connectivity index (χ0) is 8.72. The lowest BCUT2D eigenvalue weighted by molar-refractivity contribution is 1.43. The van der Waals surface area contributed by atoms with Gasteiger partial charge in [0.2, 0.25) is 10.9 Å². The number of hydrogen-bond acceptors (Lipinski definition) is 3. The van der Waals surface area contributed by atoms with Crippen molar-refractivity contribution >= 4 is 22.9 Å². The molecule has 1 heterocycles. The van der Waals surface area contributed by atoms with E-state index in [-0.39, 0.29) is 5.02 Å². The van der Waals surface area contributed by atoms with E-state index in [4.69, 9.17) is 11.6 Å². The van der Waals surface area contributed by atoms with Gasteiger partial charge < -0.3 is 0 Å². The van der Waals surface area contributed by atoms with Crippen LogP contribution in [0.3, 0.4) is 0 Å². The van der Waals surface area contributed by atoms with Crippen molar-refractivity contribution in [2.45, 2.75) is 0 Å². The molecule has 1 aromatic heterocycles. The van der Waals surface area contributed by atoms with Crippen LogP contribution >= 0.6 is 22.9 Å². The van der Waals surface area contributed by atoms with Crippen molar-refractivity contribution in [3.63, 3.8) is 0 Å². The molecule has 60 valence electrons. The van der Waals surface area contributed by atoms with Crippen molar-refractivity contribution in [1.29, 1.82) is 0 Å². The predicted octanol–water partition coefficient (Wildman–Crippen LogP) is 1.66. The highest BCUT2D eigenvalue weighted by molar-refractivity contribution is 7.13. The van der Waals surface area contributed by atoms with Crippen molar-refractivity contribution in [3.05, 3.63) is 43.0 Å². The Morgan fingerprint density at radius 3 is 2.50 bits per heavy atom. The molecule has 0 fully saturated rings. The Kier molecular flexibility index (Phi) is 1.63. The van der Waals surface area contributed by atoms with Gasteiger partial charge in [0.15, 0.2) is 0 Å². The van der Waals surface area contributed by atoms with E-state index < -0.39 is 10.9 Å². The highest BCUT2D eigenvalue weighted by Gasteiger charge is 2.20. The Balaban J connectivity index is 2.66. The van der Waals surface area contributed by atoms with Crippen LogP contribution in [0.4, 0.5) is 0 Å². The highest BCUT2D eigenvalue weighted by Crippen LogP contribution is 2.27. The van der Waals surface area contributed by atoms with Crippen molar-refractivity contribution < 1.29 is 0 Å². The minimum absolute atomic E-state index is 0.0717. The van der Waals surface area contributed by atoms with Gasteiger partial charge in [0, 0.05) is 4.88 Å². The average molecular weight is 199 g/mol. The summed E-state index contributed by atoms with van der Waals surface area (Å²) in [5.41, 5.74) is -0.667. The predicted molar refractivity (Wildman–Crippen MR) is 49.7 cm³/mol. The van der Waals surface area contributed by atoms with E-state index in [0.29, 0.717) is 5.56 Å². The highest BCUT2D eigenvalue weighted by atomic mass is 35.5. The summed E-state index contributed by atoms with van der Waals surface area (Å²) in [7, 11) is 0. The molecular weight excluding hydrogens is 196 g/mol. The molecule has 0 radical (unpaired) electrons. The maximum Gasteiger partial charge on any atom is 0.245 e. The second-order valence-electron chi connectivity index (χ2n) is 2.32. The minimum Gasteiger partial charge on any atom is -0.285 e. The third-order valence-corrected chi connectivity index (χ3v) is 2.87. The van der Waals surface area contributed by atoms with E-state index in [1.54, 1.807) is 6.07 Å². The van der Waals surface area contributed by atoms with Crippen LogP contribution in [-0.2, 0) is 0 Å². The zero-order valence-electron chi connectivity index (χ0n) is 5.83. The van der Waals surface area contributed by atoms with Gasteiger partial charge in [-0.3, -0.25) is 9.59 Å². The van der Waals surface area contributed by atoms with Crippen LogP contribution in [0.1, 0.15) is 0 Å². The minimum atomic E-state index is -0.569. The first kappa shape index (κ1) is 7.71. The van der Waals surface area contributed by atoms with Crippen molar-refractivity contribution in [1.82, 2.24) is 0 Å². The second kappa shape index (κ2) is 2.54. The van der Waals surface area contributed by atoms with E-state index in [1.165, 1.54) is 11.3 Å². The second-order valence-corrected chi connectivity index (χ2v) is 3.65. The molecule has 2 aromatic rings. The van der Waals surface area contributed by atoms with Crippen molar-refractivity contribution in [2.24, 2.45) is 0 Å². The van der Waals surface area contributed by atoms with Crippen LogP contribution in [0.15, 0.2) is 27.1 Å². The molecule has 4 heteroatoms. The standard InChI is InChI=1S/C8H3ClO2S/c9-6-5(7(10)8(6)11)4-2-1-3-12-4/h1-3H. The van der Waals surface area contributed by atoms with E-state index >= 15 is 0 Å². The fourth-order valence-electron chi connectivity index (χ4n) is 1.00. The van der Waals surface area contributed by atoms with Gasteiger partial charge in [0.05, 0.1) is 5.56 Å². The summed E-state index contributed by atoms with van der Waals surface area (Å²) in [6.07, 6.45) is 0. The fourth-order valence-corrected chi connectivity index (χ4v) is 2.11. The molecule has 0 bridgehead atoms. The first-order chi connectivity index (χ1) is 5.72. The quantitative estimate of drug-likeness (QED) is 0.654. The Bertz CT molecular complexity index is 477. The van der Waals surface area contributed by atoms with Gasteiger partial charge in [-0.25, -0.2) is 0 Å². The Morgan fingerprint density at radius 2 is 2.00 bits per heavy atom. The van der Waals surface area contributed by atoms with Crippen LogP contribution in [-0.4, -0.2) is 0 Å². The molecule has 0 aliphatic rings. The molecule has 0 saturated heterocycles. The van der Waals surface area contributed by atoms with Gasteiger partial charge in [-0.1, -0.05) is 17.7 Å². The summed E-state index contributed by atoms with van der Waals surface area (Å²) in [5.74, 6) is 0. The smallest absolute Gasteiger partial charge is 0.245 e.